The predicted molar refractivity (Wildman–Crippen MR) is 163 cm³/mol. The highest BCUT2D eigenvalue weighted by molar-refractivity contribution is 7.89. The molecule has 234 valence electrons. The quantitative estimate of drug-likeness (QED) is 0.307. The lowest BCUT2D eigenvalue weighted by atomic mass is 10.1. The molecule has 1 atom stereocenters. The van der Waals surface area contributed by atoms with Crippen molar-refractivity contribution in [3.8, 4) is 11.3 Å². The van der Waals surface area contributed by atoms with E-state index in [1.165, 1.54) is 24.3 Å². The number of carbonyl (C=O) groups is 1. The largest absolute Gasteiger partial charge is 0.366 e. The lowest BCUT2D eigenvalue weighted by Crippen LogP contribution is -2.47. The number of anilines is 2. The maximum atomic E-state index is 14.8. The summed E-state index contributed by atoms with van der Waals surface area (Å²) in [5, 5.41) is 2.80. The number of piperazine rings is 1. The molecule has 0 unspecified atom stereocenters. The third-order valence-electron chi connectivity index (χ3n) is 8.04. The van der Waals surface area contributed by atoms with Gasteiger partial charge in [-0.25, -0.2) is 31.6 Å². The van der Waals surface area contributed by atoms with Gasteiger partial charge in [-0.15, -0.1) is 0 Å². The third kappa shape index (κ3) is 6.50. The van der Waals surface area contributed by atoms with Crippen molar-refractivity contribution in [2.75, 3.05) is 42.5 Å². The van der Waals surface area contributed by atoms with Gasteiger partial charge in [0.15, 0.2) is 0 Å². The van der Waals surface area contributed by atoms with Crippen LogP contribution in [-0.4, -0.2) is 67.4 Å². The minimum Gasteiger partial charge on any atom is -0.366 e. The zero-order valence-corrected chi connectivity index (χ0v) is 25.1. The summed E-state index contributed by atoms with van der Waals surface area (Å²) < 4.78 is 70.3. The first-order valence-corrected chi connectivity index (χ1v) is 16.1. The van der Waals surface area contributed by atoms with Crippen molar-refractivity contribution in [2.24, 2.45) is 0 Å². The number of aromatic nitrogens is 2. The van der Waals surface area contributed by atoms with Gasteiger partial charge in [-0.1, -0.05) is 24.3 Å². The second-order valence-electron chi connectivity index (χ2n) is 10.9. The highest BCUT2D eigenvalue weighted by Crippen LogP contribution is 2.28. The second-order valence-corrected chi connectivity index (χ2v) is 12.8. The summed E-state index contributed by atoms with van der Waals surface area (Å²) in [5.74, 6) is -1.48. The van der Waals surface area contributed by atoms with E-state index < -0.39 is 33.6 Å². The van der Waals surface area contributed by atoms with E-state index in [0.29, 0.717) is 62.0 Å². The summed E-state index contributed by atoms with van der Waals surface area (Å²) in [7, 11) is -4.02. The Balaban J connectivity index is 1.21. The van der Waals surface area contributed by atoms with Crippen LogP contribution in [0.25, 0.3) is 11.3 Å². The Morgan fingerprint density at radius 3 is 2.20 bits per heavy atom. The molecule has 0 saturated carbocycles. The minimum absolute atomic E-state index is 0.0497. The second kappa shape index (κ2) is 12.9. The molecule has 2 fully saturated rings. The zero-order chi connectivity index (χ0) is 31.6. The molecule has 2 aliphatic heterocycles. The van der Waals surface area contributed by atoms with E-state index in [1.54, 1.807) is 42.5 Å². The van der Waals surface area contributed by atoms with Gasteiger partial charge in [0, 0.05) is 38.3 Å². The fraction of sp³-hybridized carbons (Fsp3) is 0.281. The highest BCUT2D eigenvalue weighted by atomic mass is 32.2. The Bertz CT molecular complexity index is 1800. The average molecular weight is 637 g/mol. The molecule has 9 nitrogen and oxygen atoms in total. The van der Waals surface area contributed by atoms with Gasteiger partial charge >= 0.3 is 0 Å². The van der Waals surface area contributed by atoms with Gasteiger partial charge in [-0.05, 0) is 67.4 Å². The molecule has 0 radical (unpaired) electrons. The molecular weight excluding hydrogens is 605 g/mol. The summed E-state index contributed by atoms with van der Waals surface area (Å²) >= 11 is 0. The molecule has 4 aromatic rings. The van der Waals surface area contributed by atoms with E-state index in [0.717, 1.165) is 16.4 Å². The normalized spacial score (nSPS) is 17.4. The van der Waals surface area contributed by atoms with E-state index in [-0.39, 0.29) is 29.4 Å². The Morgan fingerprint density at radius 2 is 1.49 bits per heavy atom. The molecule has 0 spiro atoms. The van der Waals surface area contributed by atoms with Crippen molar-refractivity contribution in [1.29, 1.82) is 0 Å². The number of sulfonamides is 1. The van der Waals surface area contributed by atoms with E-state index in [4.69, 9.17) is 0 Å². The van der Waals surface area contributed by atoms with Crippen LogP contribution in [0.1, 0.15) is 18.5 Å². The Morgan fingerprint density at radius 1 is 0.822 bits per heavy atom. The topological polar surface area (TPSA) is 98.7 Å². The highest BCUT2D eigenvalue weighted by Gasteiger charge is 2.39. The van der Waals surface area contributed by atoms with E-state index in [2.05, 4.69) is 15.3 Å². The summed E-state index contributed by atoms with van der Waals surface area (Å²) in [5.41, 5.74) is 1.53. The number of hydrogen-bond acceptors (Lipinski definition) is 7. The van der Waals surface area contributed by atoms with Crippen molar-refractivity contribution in [3.63, 3.8) is 0 Å². The van der Waals surface area contributed by atoms with E-state index >= 15 is 0 Å². The maximum absolute atomic E-state index is 14.8. The smallest absolute Gasteiger partial charge is 0.243 e. The van der Waals surface area contributed by atoms with Gasteiger partial charge in [0.1, 0.15) is 23.5 Å². The summed E-state index contributed by atoms with van der Waals surface area (Å²) in [4.78, 5) is 26.4. The van der Waals surface area contributed by atoms with Crippen LogP contribution < -0.4 is 15.1 Å². The molecule has 3 heterocycles. The molecule has 3 aromatic carbocycles. The van der Waals surface area contributed by atoms with Gasteiger partial charge in [-0.2, -0.15) is 4.31 Å². The predicted octanol–water partition coefficient (Wildman–Crippen LogP) is 4.36. The van der Waals surface area contributed by atoms with Crippen molar-refractivity contribution < 1.29 is 26.4 Å². The zero-order valence-electron chi connectivity index (χ0n) is 24.2. The fourth-order valence-electron chi connectivity index (χ4n) is 5.71. The maximum Gasteiger partial charge on any atom is 0.243 e. The van der Waals surface area contributed by atoms with Gasteiger partial charge in [-0.3, -0.25) is 4.79 Å². The molecular formula is C32H31F3N6O3S. The minimum atomic E-state index is -4.02. The van der Waals surface area contributed by atoms with Gasteiger partial charge in [0.2, 0.25) is 21.9 Å². The molecule has 2 saturated heterocycles. The number of rotatable bonds is 8. The Kier molecular flexibility index (Phi) is 8.72. The first-order valence-electron chi connectivity index (χ1n) is 14.6. The van der Waals surface area contributed by atoms with Crippen LogP contribution in [-0.2, 0) is 21.4 Å². The number of nitrogens with zero attached hydrogens (tertiary/aromatic N) is 5. The van der Waals surface area contributed by atoms with Crippen LogP contribution in [0.5, 0.6) is 0 Å². The van der Waals surface area contributed by atoms with Crippen LogP contribution in [0.3, 0.4) is 0 Å². The number of nitrogens with one attached hydrogen (secondary N) is 1. The molecule has 1 amide bonds. The number of benzene rings is 3. The SMILES string of the molecule is O=C(NCc1cc(-c2ccccc2F)nc(N2CCN(c3ccccc3F)CC2)n1)[C@@H]1CCCN1S(=O)(=O)c1ccc(F)cc1. The Hall–Kier alpha value is -4.49. The Labute approximate surface area is 259 Å². The van der Waals surface area contributed by atoms with Crippen molar-refractivity contribution in [3.05, 3.63) is 102 Å². The number of amides is 1. The van der Waals surface area contributed by atoms with Gasteiger partial charge in [0.25, 0.3) is 0 Å². The number of para-hydroxylation sites is 1. The monoisotopic (exact) mass is 636 g/mol. The molecule has 1 N–H and O–H groups in total. The van der Waals surface area contributed by atoms with Crippen molar-refractivity contribution in [1.82, 2.24) is 19.6 Å². The molecule has 6 rings (SSSR count). The van der Waals surface area contributed by atoms with Crippen LogP contribution in [0.15, 0.2) is 83.8 Å². The summed E-state index contributed by atoms with van der Waals surface area (Å²) in [6.07, 6.45) is 0.820. The van der Waals surface area contributed by atoms with Crippen molar-refractivity contribution >= 4 is 27.6 Å². The standard InChI is InChI=1S/C32H31F3N6O3S/c33-22-11-13-24(14-12-22)45(43,44)41-15-5-10-30(41)31(42)36-21-23-20-28(25-6-1-2-7-26(25)34)38-32(37-23)40-18-16-39(17-19-40)29-9-4-3-8-27(29)35/h1-4,6-9,11-14,20,30H,5,10,15-19,21H2,(H,36,42)/t30-/m0/s1. The van der Waals surface area contributed by atoms with Gasteiger partial charge in [0.05, 0.1) is 28.5 Å². The molecule has 0 bridgehead atoms. The van der Waals surface area contributed by atoms with Crippen LogP contribution >= 0.6 is 0 Å². The van der Waals surface area contributed by atoms with Gasteiger partial charge < -0.3 is 15.1 Å². The van der Waals surface area contributed by atoms with E-state index in [1.807, 2.05) is 9.80 Å². The third-order valence-corrected chi connectivity index (χ3v) is 9.97. The van der Waals surface area contributed by atoms with Crippen LogP contribution in [0, 0.1) is 17.5 Å². The van der Waals surface area contributed by atoms with Crippen molar-refractivity contribution in [2.45, 2.75) is 30.3 Å². The lowest BCUT2D eigenvalue weighted by Gasteiger charge is -2.36. The molecule has 2 aliphatic rings. The molecule has 13 heteroatoms. The summed E-state index contributed by atoms with van der Waals surface area (Å²) in [6, 6.07) is 18.0. The average Bonchev–Trinajstić information content (AvgIpc) is 3.56. The van der Waals surface area contributed by atoms with E-state index in [9.17, 15) is 26.4 Å². The first-order chi connectivity index (χ1) is 21.7. The first kappa shape index (κ1) is 30.5. The number of halogens is 3. The molecule has 1 aromatic heterocycles. The molecule has 0 aliphatic carbocycles. The van der Waals surface area contributed by atoms with Crippen LogP contribution in [0.4, 0.5) is 24.8 Å². The lowest BCUT2D eigenvalue weighted by molar-refractivity contribution is -0.124. The molecule has 45 heavy (non-hydrogen) atoms. The van der Waals surface area contributed by atoms with Crippen LogP contribution in [0.2, 0.25) is 0 Å². The fourth-order valence-corrected chi connectivity index (χ4v) is 7.36. The number of hydrogen-bond donors (Lipinski definition) is 1. The summed E-state index contributed by atoms with van der Waals surface area (Å²) in [6.45, 7) is 2.11. The number of carbonyl (C=O) groups excluding carboxylic acids is 1.